The molecule has 2 heterocycles. The largest absolute Gasteiger partial charge is 0.493 e. The molecule has 1 aliphatic rings. The number of aromatic nitrogens is 1. The molecular formula is C10H9NOS. The Morgan fingerprint density at radius 2 is 2.38 bits per heavy atom. The second-order valence-electron chi connectivity index (χ2n) is 3.22. The highest BCUT2D eigenvalue weighted by molar-refractivity contribution is 7.18. The molecule has 2 nitrogen and oxygen atoms in total. The van der Waals surface area contributed by atoms with Crippen LogP contribution in [0.15, 0.2) is 12.1 Å². The number of hydrogen-bond donors (Lipinski definition) is 0. The summed E-state index contributed by atoms with van der Waals surface area (Å²) in [5, 5.41) is 1.13. The van der Waals surface area contributed by atoms with Crippen molar-refractivity contribution in [3.8, 4) is 5.75 Å². The van der Waals surface area contributed by atoms with Gasteiger partial charge in [0.1, 0.15) is 5.75 Å². The van der Waals surface area contributed by atoms with E-state index in [-0.39, 0.29) is 0 Å². The normalized spacial score (nSPS) is 14.5. The second kappa shape index (κ2) is 2.45. The van der Waals surface area contributed by atoms with Crippen molar-refractivity contribution in [2.75, 3.05) is 6.61 Å². The summed E-state index contributed by atoms with van der Waals surface area (Å²) in [6.07, 6.45) is 1.04. The molecule has 0 fully saturated rings. The van der Waals surface area contributed by atoms with Crippen LogP contribution in [0.25, 0.3) is 10.2 Å². The number of rotatable bonds is 0. The number of aryl methyl sites for hydroxylation is 1. The van der Waals surface area contributed by atoms with Gasteiger partial charge >= 0.3 is 0 Å². The third kappa shape index (κ3) is 0.968. The smallest absolute Gasteiger partial charge is 0.124 e. The Morgan fingerprint density at radius 3 is 3.31 bits per heavy atom. The summed E-state index contributed by atoms with van der Waals surface area (Å²) in [4.78, 5) is 4.45. The summed E-state index contributed by atoms with van der Waals surface area (Å²) in [5.74, 6) is 1.05. The molecule has 0 amide bonds. The number of nitrogens with zero attached hydrogens (tertiary/aromatic N) is 1. The molecule has 0 spiro atoms. The monoisotopic (exact) mass is 191 g/mol. The van der Waals surface area contributed by atoms with Gasteiger partial charge in [0.15, 0.2) is 0 Å². The average molecular weight is 191 g/mol. The first-order chi connectivity index (χ1) is 6.34. The molecule has 0 radical (unpaired) electrons. The highest BCUT2D eigenvalue weighted by atomic mass is 32.1. The molecule has 3 heteroatoms. The van der Waals surface area contributed by atoms with E-state index in [0.29, 0.717) is 0 Å². The van der Waals surface area contributed by atoms with E-state index in [1.54, 1.807) is 11.3 Å². The summed E-state index contributed by atoms with van der Waals surface area (Å²) in [5.41, 5.74) is 2.47. The second-order valence-corrected chi connectivity index (χ2v) is 4.43. The molecule has 0 N–H and O–H groups in total. The first kappa shape index (κ1) is 7.33. The van der Waals surface area contributed by atoms with Crippen LogP contribution in [0.4, 0.5) is 0 Å². The molecule has 3 rings (SSSR count). The number of benzene rings is 1. The summed E-state index contributed by atoms with van der Waals surface area (Å²) in [6, 6.07) is 4.08. The van der Waals surface area contributed by atoms with Crippen molar-refractivity contribution < 1.29 is 4.74 Å². The minimum atomic E-state index is 0.825. The first-order valence-electron chi connectivity index (χ1n) is 4.36. The van der Waals surface area contributed by atoms with Gasteiger partial charge in [-0.25, -0.2) is 4.98 Å². The number of ether oxygens (including phenoxy) is 1. The summed E-state index contributed by atoms with van der Waals surface area (Å²) < 4.78 is 6.81. The van der Waals surface area contributed by atoms with Crippen LogP contribution in [0.5, 0.6) is 5.75 Å². The topological polar surface area (TPSA) is 22.1 Å². The van der Waals surface area contributed by atoms with Gasteiger partial charge in [-0.1, -0.05) is 0 Å². The van der Waals surface area contributed by atoms with Gasteiger partial charge in [-0.05, 0) is 19.1 Å². The van der Waals surface area contributed by atoms with Crippen molar-refractivity contribution in [3.63, 3.8) is 0 Å². The summed E-state index contributed by atoms with van der Waals surface area (Å²) >= 11 is 1.77. The molecule has 0 saturated heterocycles. The zero-order valence-corrected chi connectivity index (χ0v) is 8.15. The van der Waals surface area contributed by atoms with Gasteiger partial charge in [0.25, 0.3) is 0 Å². The van der Waals surface area contributed by atoms with Gasteiger partial charge in [-0.15, -0.1) is 11.3 Å². The van der Waals surface area contributed by atoms with Crippen molar-refractivity contribution in [1.29, 1.82) is 0 Å². The fourth-order valence-corrected chi connectivity index (χ4v) is 2.76. The van der Waals surface area contributed by atoms with E-state index < -0.39 is 0 Å². The molecule has 2 aromatic rings. The van der Waals surface area contributed by atoms with Gasteiger partial charge in [-0.3, -0.25) is 0 Å². The molecular weight excluding hydrogens is 182 g/mol. The highest BCUT2D eigenvalue weighted by Gasteiger charge is 2.16. The van der Waals surface area contributed by atoms with E-state index in [0.717, 1.165) is 29.3 Å². The lowest BCUT2D eigenvalue weighted by atomic mass is 10.1. The summed E-state index contributed by atoms with van der Waals surface area (Å²) in [7, 11) is 0. The van der Waals surface area contributed by atoms with Gasteiger partial charge in [0.05, 0.1) is 21.8 Å². The van der Waals surface area contributed by atoms with Crippen molar-refractivity contribution in [1.82, 2.24) is 4.98 Å². The molecule has 0 unspecified atom stereocenters. The van der Waals surface area contributed by atoms with Gasteiger partial charge in [0, 0.05) is 12.0 Å². The van der Waals surface area contributed by atoms with Crippen LogP contribution >= 0.6 is 11.3 Å². The van der Waals surface area contributed by atoms with E-state index in [1.807, 2.05) is 19.1 Å². The summed E-state index contributed by atoms with van der Waals surface area (Å²) in [6.45, 7) is 2.87. The van der Waals surface area contributed by atoms with Crippen LogP contribution in [-0.2, 0) is 6.42 Å². The minimum absolute atomic E-state index is 0.825. The maximum atomic E-state index is 5.49. The Bertz CT molecular complexity index is 475. The van der Waals surface area contributed by atoms with Crippen molar-refractivity contribution >= 4 is 21.6 Å². The van der Waals surface area contributed by atoms with E-state index in [2.05, 4.69) is 4.98 Å². The molecule has 66 valence electrons. The zero-order chi connectivity index (χ0) is 8.84. The lowest BCUT2D eigenvalue weighted by Gasteiger charge is -1.97. The lowest BCUT2D eigenvalue weighted by Crippen LogP contribution is -1.85. The van der Waals surface area contributed by atoms with Crippen molar-refractivity contribution in [2.45, 2.75) is 13.3 Å². The molecule has 1 aliphatic heterocycles. The van der Waals surface area contributed by atoms with Crippen LogP contribution < -0.4 is 4.74 Å². The van der Waals surface area contributed by atoms with E-state index in [1.165, 1.54) is 10.3 Å². The minimum Gasteiger partial charge on any atom is -0.493 e. The SMILES string of the molecule is Cc1nc2ccc3c(c2s1)CCO3. The third-order valence-electron chi connectivity index (χ3n) is 2.33. The Hall–Kier alpha value is -1.09. The maximum Gasteiger partial charge on any atom is 0.124 e. The quantitative estimate of drug-likeness (QED) is 0.638. The molecule has 1 aromatic carbocycles. The van der Waals surface area contributed by atoms with Crippen LogP contribution in [-0.4, -0.2) is 11.6 Å². The fourth-order valence-electron chi connectivity index (χ4n) is 1.77. The van der Waals surface area contributed by atoms with Gasteiger partial charge in [-0.2, -0.15) is 0 Å². The maximum absolute atomic E-state index is 5.49. The molecule has 0 atom stereocenters. The van der Waals surface area contributed by atoms with Crippen molar-refractivity contribution in [2.24, 2.45) is 0 Å². The third-order valence-corrected chi connectivity index (χ3v) is 3.38. The Kier molecular flexibility index (Phi) is 1.38. The number of hydrogen-bond acceptors (Lipinski definition) is 3. The average Bonchev–Trinajstić information content (AvgIpc) is 2.65. The van der Waals surface area contributed by atoms with Crippen LogP contribution in [0.3, 0.4) is 0 Å². The first-order valence-corrected chi connectivity index (χ1v) is 5.18. The van der Waals surface area contributed by atoms with Crippen molar-refractivity contribution in [3.05, 3.63) is 22.7 Å². The van der Waals surface area contributed by atoms with E-state index in [4.69, 9.17) is 4.74 Å². The highest BCUT2D eigenvalue weighted by Crippen LogP contribution is 2.35. The Labute approximate surface area is 80.2 Å². The van der Waals surface area contributed by atoms with Gasteiger partial charge < -0.3 is 4.74 Å². The van der Waals surface area contributed by atoms with E-state index in [9.17, 15) is 0 Å². The standard InChI is InChI=1S/C10H9NOS/c1-6-11-8-2-3-9-7(4-5-12-9)10(8)13-6/h2-3H,4-5H2,1H3. The predicted octanol–water partition coefficient (Wildman–Crippen LogP) is 2.54. The van der Waals surface area contributed by atoms with E-state index >= 15 is 0 Å². The Balaban J connectivity index is 2.42. The molecule has 13 heavy (non-hydrogen) atoms. The Morgan fingerprint density at radius 1 is 1.46 bits per heavy atom. The molecule has 0 bridgehead atoms. The lowest BCUT2D eigenvalue weighted by molar-refractivity contribution is 0.357. The molecule has 1 aromatic heterocycles. The molecule has 0 saturated carbocycles. The molecule has 0 aliphatic carbocycles. The van der Waals surface area contributed by atoms with Crippen LogP contribution in [0, 0.1) is 6.92 Å². The number of fused-ring (bicyclic) bond motifs is 3. The van der Waals surface area contributed by atoms with Crippen LogP contribution in [0.2, 0.25) is 0 Å². The van der Waals surface area contributed by atoms with Gasteiger partial charge in [0.2, 0.25) is 0 Å². The fraction of sp³-hybridized carbons (Fsp3) is 0.300. The number of thiazole rings is 1. The predicted molar refractivity (Wildman–Crippen MR) is 53.6 cm³/mol. The zero-order valence-electron chi connectivity index (χ0n) is 7.33. The van der Waals surface area contributed by atoms with Crippen LogP contribution in [0.1, 0.15) is 10.6 Å².